The fourth-order valence-corrected chi connectivity index (χ4v) is 3.78. The molecule has 0 fully saturated rings. The fourth-order valence-electron chi connectivity index (χ4n) is 3.78. The van der Waals surface area contributed by atoms with Crippen molar-refractivity contribution in [3.05, 3.63) is 79.8 Å². The number of aromatic amines is 1. The second-order valence-electron chi connectivity index (χ2n) is 7.24. The van der Waals surface area contributed by atoms with Crippen LogP contribution in [-0.4, -0.2) is 34.3 Å². The molecule has 6 aromatic rings. The molecule has 0 aliphatic rings. The van der Waals surface area contributed by atoms with E-state index in [9.17, 15) is 0 Å². The summed E-state index contributed by atoms with van der Waals surface area (Å²) in [5, 5.41) is 5.53. The topological polar surface area (TPSA) is 77.2 Å². The zero-order valence-electron chi connectivity index (χ0n) is 16.2. The highest BCUT2D eigenvalue weighted by Crippen LogP contribution is 2.32. The van der Waals surface area contributed by atoms with Gasteiger partial charge in [0.1, 0.15) is 5.65 Å². The summed E-state index contributed by atoms with van der Waals surface area (Å²) < 4.78 is 3.80. The standard InChI is InChI=1S/C23H17N7/c1-29-14-27-20-6-5-15(9-21(20)29)19-12-26-23-18(19)8-16(10-25-23)17-11-28-30(13-17)22-4-2-3-7-24-22/h2-14H,1H3,(H,25,26). The number of hydrogen-bond acceptors (Lipinski definition) is 4. The second kappa shape index (κ2) is 6.38. The molecule has 0 radical (unpaired) electrons. The van der Waals surface area contributed by atoms with E-state index in [2.05, 4.69) is 49.3 Å². The van der Waals surface area contributed by atoms with Crippen molar-refractivity contribution >= 4 is 22.1 Å². The Hall–Kier alpha value is -4.26. The predicted octanol–water partition coefficient (Wildman–Crippen LogP) is 4.36. The normalized spacial score (nSPS) is 11.5. The van der Waals surface area contributed by atoms with Crippen molar-refractivity contribution in [2.24, 2.45) is 7.05 Å². The Balaban J connectivity index is 1.45. The monoisotopic (exact) mass is 391 g/mol. The maximum atomic E-state index is 4.63. The fraction of sp³-hybridized carbons (Fsp3) is 0.0435. The van der Waals surface area contributed by atoms with Crippen LogP contribution in [0, 0.1) is 0 Å². The number of hydrogen-bond donors (Lipinski definition) is 1. The summed E-state index contributed by atoms with van der Waals surface area (Å²) in [7, 11) is 2.01. The highest BCUT2D eigenvalue weighted by atomic mass is 15.3. The lowest BCUT2D eigenvalue weighted by Crippen LogP contribution is -1.95. The first-order valence-corrected chi connectivity index (χ1v) is 9.61. The molecule has 0 aliphatic carbocycles. The van der Waals surface area contributed by atoms with Crippen molar-refractivity contribution in [1.29, 1.82) is 0 Å². The van der Waals surface area contributed by atoms with Crippen molar-refractivity contribution in [3.8, 4) is 28.1 Å². The van der Waals surface area contributed by atoms with Crippen molar-refractivity contribution in [3.63, 3.8) is 0 Å². The third-order valence-corrected chi connectivity index (χ3v) is 5.37. The van der Waals surface area contributed by atoms with Crippen LogP contribution >= 0.6 is 0 Å². The van der Waals surface area contributed by atoms with Gasteiger partial charge in [-0.1, -0.05) is 12.1 Å². The largest absolute Gasteiger partial charge is 0.346 e. The molecule has 5 aromatic heterocycles. The molecule has 0 saturated carbocycles. The van der Waals surface area contributed by atoms with Gasteiger partial charge in [-0.2, -0.15) is 5.10 Å². The first-order valence-electron chi connectivity index (χ1n) is 9.61. The van der Waals surface area contributed by atoms with E-state index in [1.807, 2.05) is 60.9 Å². The van der Waals surface area contributed by atoms with Crippen LogP contribution in [0.2, 0.25) is 0 Å². The maximum absolute atomic E-state index is 4.63. The Labute approximate surface area is 171 Å². The van der Waals surface area contributed by atoms with E-state index in [1.54, 1.807) is 10.9 Å². The van der Waals surface area contributed by atoms with Crippen LogP contribution in [-0.2, 0) is 7.05 Å². The van der Waals surface area contributed by atoms with Gasteiger partial charge in [-0.05, 0) is 35.9 Å². The Morgan fingerprint density at radius 2 is 1.87 bits per heavy atom. The van der Waals surface area contributed by atoms with E-state index in [1.165, 1.54) is 0 Å². The average Bonchev–Trinajstić information content (AvgIpc) is 3.52. The third-order valence-electron chi connectivity index (χ3n) is 5.37. The molecule has 144 valence electrons. The highest BCUT2D eigenvalue weighted by Gasteiger charge is 2.12. The quantitative estimate of drug-likeness (QED) is 0.486. The number of pyridine rings is 2. The van der Waals surface area contributed by atoms with Gasteiger partial charge in [0.15, 0.2) is 5.82 Å². The minimum Gasteiger partial charge on any atom is -0.346 e. The zero-order valence-corrected chi connectivity index (χ0v) is 16.2. The minimum atomic E-state index is 0.782. The Bertz CT molecular complexity index is 1510. The van der Waals surface area contributed by atoms with Gasteiger partial charge in [-0.25, -0.2) is 19.6 Å². The molecule has 1 aromatic carbocycles. The van der Waals surface area contributed by atoms with E-state index in [0.29, 0.717) is 0 Å². The summed E-state index contributed by atoms with van der Waals surface area (Å²) in [6, 6.07) is 14.2. The van der Waals surface area contributed by atoms with Crippen molar-refractivity contribution in [2.45, 2.75) is 0 Å². The Kier molecular flexibility index (Phi) is 3.55. The van der Waals surface area contributed by atoms with Gasteiger partial charge in [0.05, 0.1) is 23.6 Å². The van der Waals surface area contributed by atoms with Gasteiger partial charge in [0.25, 0.3) is 0 Å². The number of nitrogens with zero attached hydrogens (tertiary/aromatic N) is 6. The van der Waals surface area contributed by atoms with E-state index in [-0.39, 0.29) is 0 Å². The molecule has 0 atom stereocenters. The number of fused-ring (bicyclic) bond motifs is 2. The first-order chi connectivity index (χ1) is 14.8. The van der Waals surface area contributed by atoms with Crippen LogP contribution < -0.4 is 0 Å². The molecule has 5 heterocycles. The molecule has 1 N–H and O–H groups in total. The Morgan fingerprint density at radius 3 is 2.77 bits per heavy atom. The molecular formula is C23H17N7. The second-order valence-corrected chi connectivity index (χ2v) is 7.24. The van der Waals surface area contributed by atoms with Crippen LogP contribution in [0.25, 0.3) is 50.1 Å². The molecule has 0 spiro atoms. The van der Waals surface area contributed by atoms with Crippen molar-refractivity contribution in [2.75, 3.05) is 0 Å². The molecule has 0 unspecified atom stereocenters. The molecule has 0 bridgehead atoms. The third kappa shape index (κ3) is 2.60. The lowest BCUT2D eigenvalue weighted by Gasteiger charge is -2.03. The number of aryl methyl sites for hydroxylation is 1. The number of nitrogens with one attached hydrogen (secondary N) is 1. The van der Waals surface area contributed by atoms with Crippen LogP contribution in [0.15, 0.2) is 79.8 Å². The summed E-state index contributed by atoms with van der Waals surface area (Å²) in [5.41, 5.74) is 7.18. The van der Waals surface area contributed by atoms with Gasteiger partial charge >= 0.3 is 0 Å². The number of aromatic nitrogens is 7. The van der Waals surface area contributed by atoms with Gasteiger partial charge in [-0.3, -0.25) is 0 Å². The van der Waals surface area contributed by atoms with E-state index < -0.39 is 0 Å². The van der Waals surface area contributed by atoms with Gasteiger partial charge < -0.3 is 9.55 Å². The molecule has 0 amide bonds. The lowest BCUT2D eigenvalue weighted by molar-refractivity contribution is 0.847. The van der Waals surface area contributed by atoms with Crippen molar-refractivity contribution in [1.82, 2.24) is 34.3 Å². The summed E-state index contributed by atoms with van der Waals surface area (Å²) in [6.45, 7) is 0. The van der Waals surface area contributed by atoms with E-state index >= 15 is 0 Å². The number of rotatable bonds is 3. The average molecular weight is 391 g/mol. The molecule has 7 nitrogen and oxygen atoms in total. The predicted molar refractivity (Wildman–Crippen MR) is 116 cm³/mol. The SMILES string of the molecule is Cn1cnc2ccc(-c3c[nH]c4ncc(-c5cnn(-c6ccccn6)c5)cc34)cc21. The maximum Gasteiger partial charge on any atom is 0.153 e. The van der Waals surface area contributed by atoms with E-state index in [0.717, 1.165) is 50.1 Å². The van der Waals surface area contributed by atoms with Gasteiger partial charge in [0, 0.05) is 53.9 Å². The summed E-state index contributed by atoms with van der Waals surface area (Å²) in [6.07, 6.45) is 11.3. The van der Waals surface area contributed by atoms with Crippen molar-refractivity contribution < 1.29 is 0 Å². The molecule has 0 saturated heterocycles. The molecular weight excluding hydrogens is 374 g/mol. The lowest BCUT2D eigenvalue weighted by atomic mass is 10.0. The number of H-pyrrole nitrogens is 1. The highest BCUT2D eigenvalue weighted by molar-refractivity contribution is 5.97. The minimum absolute atomic E-state index is 0.782. The first kappa shape index (κ1) is 16.7. The smallest absolute Gasteiger partial charge is 0.153 e. The summed E-state index contributed by atoms with van der Waals surface area (Å²) in [4.78, 5) is 16.7. The van der Waals surface area contributed by atoms with Gasteiger partial charge in [0.2, 0.25) is 0 Å². The zero-order chi connectivity index (χ0) is 20.1. The molecule has 30 heavy (non-hydrogen) atoms. The molecule has 7 heteroatoms. The van der Waals surface area contributed by atoms with Crippen LogP contribution in [0.3, 0.4) is 0 Å². The molecule has 0 aliphatic heterocycles. The summed E-state index contributed by atoms with van der Waals surface area (Å²) >= 11 is 0. The number of benzene rings is 1. The summed E-state index contributed by atoms with van der Waals surface area (Å²) in [5.74, 6) is 0.782. The van der Waals surface area contributed by atoms with Gasteiger partial charge in [-0.15, -0.1) is 0 Å². The van der Waals surface area contributed by atoms with E-state index in [4.69, 9.17) is 0 Å². The van der Waals surface area contributed by atoms with Crippen LogP contribution in [0.5, 0.6) is 0 Å². The molecule has 6 rings (SSSR count). The van der Waals surface area contributed by atoms with Crippen LogP contribution in [0.1, 0.15) is 0 Å². The Morgan fingerprint density at radius 1 is 0.900 bits per heavy atom. The van der Waals surface area contributed by atoms with Crippen LogP contribution in [0.4, 0.5) is 0 Å². The number of imidazole rings is 1.